The molecule has 1 aromatic carbocycles. The molecule has 0 amide bonds. The van der Waals surface area contributed by atoms with E-state index in [4.69, 9.17) is 11.3 Å². The Labute approximate surface area is 175 Å². The van der Waals surface area contributed by atoms with E-state index in [1.807, 2.05) is 12.1 Å². The first-order chi connectivity index (χ1) is 14.2. The zero-order valence-electron chi connectivity index (χ0n) is 17.5. The van der Waals surface area contributed by atoms with E-state index < -0.39 is 0 Å². The molecule has 29 heavy (non-hydrogen) atoms. The molecule has 2 fully saturated rings. The maximum absolute atomic E-state index is 10.9. The molecule has 0 radical (unpaired) electrons. The fraction of sp³-hybridized carbons (Fsp3) is 0.625. The van der Waals surface area contributed by atoms with E-state index in [0.717, 1.165) is 23.5 Å². The number of nitrogens with one attached hydrogen (secondary N) is 1. The van der Waals surface area contributed by atoms with Crippen LogP contribution in [0.4, 0.5) is 0 Å². The Bertz CT molecular complexity index is 722. The zero-order valence-corrected chi connectivity index (χ0v) is 17.5. The largest absolute Gasteiger partial charge is 0.507 e. The fourth-order valence-electron chi connectivity index (χ4n) is 5.17. The molecule has 0 bridgehead atoms. The molecule has 2 atom stereocenters. The minimum absolute atomic E-state index is 0.136. The van der Waals surface area contributed by atoms with Gasteiger partial charge in [0, 0.05) is 6.42 Å². The van der Waals surface area contributed by atoms with Crippen LogP contribution >= 0.6 is 0 Å². The van der Waals surface area contributed by atoms with Crippen LogP contribution in [0.5, 0.6) is 5.75 Å². The van der Waals surface area contributed by atoms with E-state index in [2.05, 4.69) is 28.6 Å². The molecular weight excluding hydrogens is 360 g/mol. The summed E-state index contributed by atoms with van der Waals surface area (Å²) in [5, 5.41) is 25.3. The van der Waals surface area contributed by atoms with Gasteiger partial charge in [0.25, 0.3) is 0 Å². The van der Waals surface area contributed by atoms with Crippen molar-refractivity contribution in [2.75, 3.05) is 0 Å². The molecule has 2 aliphatic carbocycles. The van der Waals surface area contributed by atoms with Crippen LogP contribution in [0.25, 0.3) is 0 Å². The van der Waals surface area contributed by atoms with Gasteiger partial charge < -0.3 is 10.9 Å². The Morgan fingerprint density at radius 2 is 1.97 bits per heavy atom. The van der Waals surface area contributed by atoms with Gasteiger partial charge in [0.1, 0.15) is 11.6 Å². The Kier molecular flexibility index (Phi) is 8.26. The monoisotopic (exact) mass is 396 g/mol. The van der Waals surface area contributed by atoms with Crippen molar-refractivity contribution in [3.63, 3.8) is 0 Å². The minimum Gasteiger partial charge on any atom is -0.507 e. The predicted molar refractivity (Wildman–Crippen MR) is 118 cm³/mol. The number of benzene rings is 1. The van der Waals surface area contributed by atoms with Crippen LogP contribution in [0.15, 0.2) is 40.7 Å². The number of aryl methyl sites for hydroxylation is 1. The topological polar surface area (TPSA) is 94.8 Å². The lowest BCUT2D eigenvalue weighted by Crippen LogP contribution is -2.06. The second kappa shape index (κ2) is 11.1. The highest BCUT2D eigenvalue weighted by Crippen LogP contribution is 2.44. The molecule has 158 valence electrons. The van der Waals surface area contributed by atoms with Crippen LogP contribution < -0.4 is 5.84 Å². The maximum atomic E-state index is 10.9. The summed E-state index contributed by atoms with van der Waals surface area (Å²) in [7, 11) is 0. The highest BCUT2D eigenvalue weighted by Gasteiger charge is 2.29. The van der Waals surface area contributed by atoms with Crippen LogP contribution in [-0.2, 0) is 6.42 Å². The third kappa shape index (κ3) is 6.15. The van der Waals surface area contributed by atoms with Crippen LogP contribution in [0.1, 0.15) is 87.7 Å². The lowest BCUT2D eigenvalue weighted by atomic mass is 9.85. The van der Waals surface area contributed by atoms with Gasteiger partial charge in [0.2, 0.25) is 0 Å². The number of nitrogens with zero attached hydrogens (tertiary/aromatic N) is 2. The van der Waals surface area contributed by atoms with E-state index in [1.54, 1.807) is 0 Å². The standard InChI is InChI=1S/C24H36N4O/c25-23(27-28-26)17-16-20-13-7-15-22(24(20)29)21-14-6-12-19(21)11-5-4-10-18-8-2-1-3-9-18/h5,7,11,13,15,18-19,21,29H,1-4,6,8-10,12,14,16-17H2,(H3,25,26,27)/b11-5+/t19?,21-/m0/s1. The van der Waals surface area contributed by atoms with Gasteiger partial charge >= 0.3 is 0 Å². The SMILES string of the molecule is N=C(CCc1cccc([C@H]2CCCC2/C=C/CCC2CCCCC2)c1O)N=NN. The summed E-state index contributed by atoms with van der Waals surface area (Å²) in [6.07, 6.45) is 19.0. The molecule has 0 spiro atoms. The van der Waals surface area contributed by atoms with Gasteiger partial charge in [-0.2, -0.15) is 0 Å². The Morgan fingerprint density at radius 3 is 2.76 bits per heavy atom. The zero-order chi connectivity index (χ0) is 20.5. The number of amidine groups is 1. The van der Waals surface area contributed by atoms with Crippen LogP contribution in [0.3, 0.4) is 0 Å². The average Bonchev–Trinajstić information content (AvgIpc) is 3.20. The minimum atomic E-state index is 0.136. The Balaban J connectivity index is 1.58. The molecule has 4 N–H and O–H groups in total. The second-order valence-corrected chi connectivity index (χ2v) is 8.73. The quantitative estimate of drug-likeness (QED) is 0.118. The summed E-state index contributed by atoms with van der Waals surface area (Å²) in [6.45, 7) is 0. The molecule has 3 rings (SSSR count). The van der Waals surface area contributed by atoms with E-state index in [1.165, 1.54) is 57.8 Å². The second-order valence-electron chi connectivity index (χ2n) is 8.73. The van der Waals surface area contributed by atoms with Crippen LogP contribution in [0.2, 0.25) is 0 Å². The van der Waals surface area contributed by atoms with Crippen molar-refractivity contribution < 1.29 is 5.11 Å². The van der Waals surface area contributed by atoms with Crippen molar-refractivity contribution in [1.29, 1.82) is 5.41 Å². The molecule has 2 aliphatic rings. The molecule has 0 aliphatic heterocycles. The number of rotatable bonds is 8. The first-order valence-corrected chi connectivity index (χ1v) is 11.3. The molecule has 0 saturated heterocycles. The van der Waals surface area contributed by atoms with Gasteiger partial charge in [-0.3, -0.25) is 5.41 Å². The third-order valence-corrected chi connectivity index (χ3v) is 6.78. The van der Waals surface area contributed by atoms with E-state index >= 15 is 0 Å². The number of phenolic OH excluding ortho intramolecular Hbond substituents is 1. The molecule has 2 saturated carbocycles. The molecule has 1 unspecified atom stereocenters. The third-order valence-electron chi connectivity index (χ3n) is 6.78. The van der Waals surface area contributed by atoms with Crippen molar-refractivity contribution in [2.45, 2.75) is 83.0 Å². The van der Waals surface area contributed by atoms with Crippen molar-refractivity contribution >= 4 is 5.84 Å². The first-order valence-electron chi connectivity index (χ1n) is 11.3. The summed E-state index contributed by atoms with van der Waals surface area (Å²) in [5.74, 6) is 7.39. The van der Waals surface area contributed by atoms with Gasteiger partial charge in [-0.05, 0) is 61.0 Å². The molecular formula is C24H36N4O. The summed E-state index contributed by atoms with van der Waals surface area (Å²) in [6, 6.07) is 6.04. The summed E-state index contributed by atoms with van der Waals surface area (Å²) in [5.41, 5.74) is 1.94. The van der Waals surface area contributed by atoms with Crippen molar-refractivity contribution in [3.05, 3.63) is 41.5 Å². The molecule has 0 aromatic heterocycles. The lowest BCUT2D eigenvalue weighted by molar-refractivity contribution is 0.341. The van der Waals surface area contributed by atoms with Gasteiger partial charge in [0.15, 0.2) is 0 Å². The molecule has 5 nitrogen and oxygen atoms in total. The fourth-order valence-corrected chi connectivity index (χ4v) is 5.17. The van der Waals surface area contributed by atoms with Crippen molar-refractivity contribution in [2.24, 2.45) is 28.0 Å². The van der Waals surface area contributed by atoms with Gasteiger partial charge in [-0.1, -0.05) is 74.1 Å². The summed E-state index contributed by atoms with van der Waals surface area (Å²) < 4.78 is 0. The lowest BCUT2D eigenvalue weighted by Gasteiger charge is -2.21. The number of phenols is 1. The summed E-state index contributed by atoms with van der Waals surface area (Å²) >= 11 is 0. The van der Waals surface area contributed by atoms with Gasteiger partial charge in [-0.25, -0.2) is 0 Å². The van der Waals surface area contributed by atoms with E-state index in [9.17, 15) is 5.11 Å². The average molecular weight is 397 g/mol. The number of para-hydroxylation sites is 1. The van der Waals surface area contributed by atoms with Crippen molar-refractivity contribution in [1.82, 2.24) is 0 Å². The molecule has 0 heterocycles. The van der Waals surface area contributed by atoms with Crippen LogP contribution in [0, 0.1) is 17.2 Å². The van der Waals surface area contributed by atoms with Crippen molar-refractivity contribution in [3.8, 4) is 5.75 Å². The highest BCUT2D eigenvalue weighted by molar-refractivity contribution is 5.79. The number of hydrogen-bond acceptors (Lipinski definition) is 3. The molecule has 5 heteroatoms. The first kappa shape index (κ1) is 21.5. The number of hydrogen-bond donors (Lipinski definition) is 3. The molecule has 1 aromatic rings. The number of nitrogens with two attached hydrogens (primary N) is 1. The number of aromatic hydroxyl groups is 1. The van der Waals surface area contributed by atoms with Gasteiger partial charge in [-0.15, -0.1) is 5.11 Å². The Morgan fingerprint density at radius 1 is 1.14 bits per heavy atom. The maximum Gasteiger partial charge on any atom is 0.145 e. The Hall–Kier alpha value is -2.17. The smallest absolute Gasteiger partial charge is 0.145 e. The van der Waals surface area contributed by atoms with Gasteiger partial charge in [0.05, 0.1) is 0 Å². The van der Waals surface area contributed by atoms with E-state index in [-0.39, 0.29) is 5.84 Å². The number of allylic oxidation sites excluding steroid dienone is 2. The van der Waals surface area contributed by atoms with E-state index in [0.29, 0.717) is 30.4 Å². The summed E-state index contributed by atoms with van der Waals surface area (Å²) in [4.78, 5) is 0. The normalized spacial score (nSPS) is 23.3. The van der Waals surface area contributed by atoms with Crippen LogP contribution in [-0.4, -0.2) is 10.9 Å². The highest BCUT2D eigenvalue weighted by atomic mass is 16.3. The predicted octanol–water partition coefficient (Wildman–Crippen LogP) is 6.43.